The molecule has 3 amide bonds. The van der Waals surface area contributed by atoms with Gasteiger partial charge in [0.15, 0.2) is 0 Å². The van der Waals surface area contributed by atoms with Crippen LogP contribution in [0.5, 0.6) is 0 Å². The second-order valence-corrected chi connectivity index (χ2v) is 8.79. The number of carbonyl (C=O) groups is 3. The Kier molecular flexibility index (Phi) is 6.18. The minimum atomic E-state index is -0.466. The minimum absolute atomic E-state index is 0.0789. The summed E-state index contributed by atoms with van der Waals surface area (Å²) in [5.74, 6) is -0.960. The third-order valence-electron chi connectivity index (χ3n) is 5.75. The summed E-state index contributed by atoms with van der Waals surface area (Å²) in [4.78, 5) is 39.7. The second kappa shape index (κ2) is 9.00. The Bertz CT molecular complexity index is 954. The zero-order valence-electron chi connectivity index (χ0n) is 16.6. The van der Waals surface area contributed by atoms with Crippen LogP contribution in [0.2, 0.25) is 0 Å². The van der Waals surface area contributed by atoms with Crippen molar-refractivity contribution in [1.29, 1.82) is 0 Å². The van der Waals surface area contributed by atoms with Gasteiger partial charge >= 0.3 is 0 Å². The molecule has 30 heavy (non-hydrogen) atoms. The van der Waals surface area contributed by atoms with E-state index in [1.54, 1.807) is 29.2 Å². The van der Waals surface area contributed by atoms with E-state index < -0.39 is 5.92 Å². The van der Waals surface area contributed by atoms with Crippen molar-refractivity contribution in [2.24, 2.45) is 5.92 Å². The summed E-state index contributed by atoms with van der Waals surface area (Å²) in [6.45, 7) is 0.322. The Labute approximate surface area is 184 Å². The maximum absolute atomic E-state index is 12.9. The van der Waals surface area contributed by atoms with Crippen molar-refractivity contribution in [2.45, 2.75) is 38.1 Å². The monoisotopic (exact) mass is 469 g/mol. The number of halogens is 1. The molecule has 2 aromatic rings. The summed E-state index contributed by atoms with van der Waals surface area (Å²) < 4.78 is 0.930. The molecule has 0 aromatic heterocycles. The lowest BCUT2D eigenvalue weighted by Crippen LogP contribution is -2.34. The molecule has 7 heteroatoms. The third kappa shape index (κ3) is 4.56. The van der Waals surface area contributed by atoms with Crippen LogP contribution in [0.4, 0.5) is 11.4 Å². The first kappa shape index (κ1) is 20.6. The average molecular weight is 470 g/mol. The van der Waals surface area contributed by atoms with Gasteiger partial charge in [-0.05, 0) is 49.2 Å². The second-order valence-electron chi connectivity index (χ2n) is 7.87. The Morgan fingerprint density at radius 1 is 1.00 bits per heavy atom. The molecule has 0 bridgehead atoms. The normalized spacial score (nSPS) is 19.2. The van der Waals surface area contributed by atoms with Gasteiger partial charge < -0.3 is 15.5 Å². The fraction of sp³-hybridized carbons (Fsp3) is 0.348. The fourth-order valence-electron chi connectivity index (χ4n) is 4.11. The Hall–Kier alpha value is -2.67. The summed E-state index contributed by atoms with van der Waals surface area (Å²) in [6.07, 6.45) is 4.41. The Morgan fingerprint density at radius 2 is 1.70 bits per heavy atom. The zero-order chi connectivity index (χ0) is 21.1. The number of nitrogens with zero attached hydrogens (tertiary/aromatic N) is 1. The van der Waals surface area contributed by atoms with E-state index in [0.29, 0.717) is 17.8 Å². The first-order valence-electron chi connectivity index (χ1n) is 10.3. The maximum Gasteiger partial charge on any atom is 0.253 e. The number of nitrogens with one attached hydrogen (secondary N) is 2. The molecule has 1 atom stereocenters. The molecule has 6 nitrogen and oxygen atoms in total. The predicted molar refractivity (Wildman–Crippen MR) is 119 cm³/mol. The number of carbonyl (C=O) groups excluding carboxylic acids is 3. The summed E-state index contributed by atoms with van der Waals surface area (Å²) in [5, 5.41) is 5.94. The van der Waals surface area contributed by atoms with E-state index in [1.165, 1.54) is 0 Å². The molecular formula is C23H24BrN3O3. The van der Waals surface area contributed by atoms with E-state index in [-0.39, 0.29) is 30.2 Å². The minimum Gasteiger partial charge on any atom is -0.349 e. The van der Waals surface area contributed by atoms with Crippen LogP contribution in [0, 0.1) is 5.92 Å². The molecule has 0 radical (unpaired) electrons. The molecule has 2 fully saturated rings. The molecule has 0 spiro atoms. The predicted octanol–water partition coefficient (Wildman–Crippen LogP) is 4.11. The van der Waals surface area contributed by atoms with E-state index in [1.807, 2.05) is 24.3 Å². The van der Waals surface area contributed by atoms with Crippen LogP contribution in [0.15, 0.2) is 53.0 Å². The highest BCUT2D eigenvalue weighted by molar-refractivity contribution is 9.10. The van der Waals surface area contributed by atoms with Crippen molar-refractivity contribution in [3.8, 4) is 0 Å². The van der Waals surface area contributed by atoms with Gasteiger partial charge in [0.2, 0.25) is 11.8 Å². The Balaban J connectivity index is 1.43. The third-order valence-corrected chi connectivity index (χ3v) is 6.28. The molecule has 4 rings (SSSR count). The molecule has 0 unspecified atom stereocenters. The number of hydrogen-bond donors (Lipinski definition) is 2. The summed E-state index contributed by atoms with van der Waals surface area (Å²) in [7, 11) is 0. The lowest BCUT2D eigenvalue weighted by atomic mass is 10.1. The number of amides is 3. The molecule has 2 aliphatic rings. The zero-order valence-corrected chi connectivity index (χ0v) is 18.2. The van der Waals surface area contributed by atoms with Crippen LogP contribution in [-0.2, 0) is 9.59 Å². The molecule has 2 N–H and O–H groups in total. The highest BCUT2D eigenvalue weighted by Crippen LogP contribution is 2.28. The number of anilines is 2. The van der Waals surface area contributed by atoms with Crippen LogP contribution in [0.3, 0.4) is 0 Å². The lowest BCUT2D eigenvalue weighted by molar-refractivity contribution is -0.122. The van der Waals surface area contributed by atoms with Gasteiger partial charge in [0.05, 0.1) is 17.2 Å². The number of benzene rings is 2. The molecule has 2 aromatic carbocycles. The Morgan fingerprint density at radius 3 is 2.43 bits per heavy atom. The van der Waals surface area contributed by atoms with Crippen molar-refractivity contribution in [1.82, 2.24) is 5.32 Å². The smallest absolute Gasteiger partial charge is 0.253 e. The van der Waals surface area contributed by atoms with Crippen molar-refractivity contribution in [3.05, 3.63) is 58.6 Å². The van der Waals surface area contributed by atoms with E-state index in [0.717, 1.165) is 35.8 Å². The van der Waals surface area contributed by atoms with Crippen LogP contribution >= 0.6 is 15.9 Å². The summed E-state index contributed by atoms with van der Waals surface area (Å²) in [6, 6.07) is 14.7. The van der Waals surface area contributed by atoms with Crippen LogP contribution < -0.4 is 15.5 Å². The van der Waals surface area contributed by atoms with E-state index in [2.05, 4.69) is 26.6 Å². The van der Waals surface area contributed by atoms with Crippen LogP contribution in [0.1, 0.15) is 42.5 Å². The van der Waals surface area contributed by atoms with E-state index in [9.17, 15) is 14.4 Å². The van der Waals surface area contributed by atoms with Crippen LogP contribution in [-0.4, -0.2) is 30.3 Å². The van der Waals surface area contributed by atoms with Gasteiger partial charge in [-0.15, -0.1) is 0 Å². The topological polar surface area (TPSA) is 78.5 Å². The number of rotatable bonds is 5. The quantitative estimate of drug-likeness (QED) is 0.691. The molecular weight excluding hydrogens is 446 g/mol. The van der Waals surface area contributed by atoms with Gasteiger partial charge in [-0.2, -0.15) is 0 Å². The molecule has 156 valence electrons. The van der Waals surface area contributed by atoms with E-state index >= 15 is 0 Å². The van der Waals surface area contributed by atoms with Crippen molar-refractivity contribution in [2.75, 3.05) is 16.8 Å². The highest BCUT2D eigenvalue weighted by atomic mass is 79.9. The molecule has 1 saturated heterocycles. The fourth-order valence-corrected chi connectivity index (χ4v) is 4.38. The largest absolute Gasteiger partial charge is 0.349 e. The van der Waals surface area contributed by atoms with Gasteiger partial charge in [-0.3, -0.25) is 14.4 Å². The lowest BCUT2D eigenvalue weighted by Gasteiger charge is -2.18. The summed E-state index contributed by atoms with van der Waals surface area (Å²) in [5.41, 5.74) is 1.70. The molecule has 1 aliphatic heterocycles. The average Bonchev–Trinajstić information content (AvgIpc) is 3.38. The van der Waals surface area contributed by atoms with Gasteiger partial charge in [-0.25, -0.2) is 0 Å². The SMILES string of the molecule is O=C(NC1CCCC1)c1ccccc1NC(=O)[C@@H]1CC(=O)N(c2ccc(Br)cc2)C1. The van der Waals surface area contributed by atoms with Gasteiger partial charge in [0.1, 0.15) is 0 Å². The highest BCUT2D eigenvalue weighted by Gasteiger charge is 2.35. The van der Waals surface area contributed by atoms with Crippen LogP contribution in [0.25, 0.3) is 0 Å². The first-order valence-corrected chi connectivity index (χ1v) is 11.1. The summed E-state index contributed by atoms with van der Waals surface area (Å²) >= 11 is 3.39. The van der Waals surface area contributed by atoms with Gasteiger partial charge in [-0.1, -0.05) is 40.9 Å². The molecule has 1 heterocycles. The maximum atomic E-state index is 12.9. The first-order chi connectivity index (χ1) is 14.5. The van der Waals surface area contributed by atoms with Gasteiger partial charge in [0.25, 0.3) is 5.91 Å². The van der Waals surface area contributed by atoms with E-state index in [4.69, 9.17) is 0 Å². The molecule has 1 aliphatic carbocycles. The van der Waals surface area contributed by atoms with Crippen molar-refractivity contribution in [3.63, 3.8) is 0 Å². The standard InChI is InChI=1S/C23H24BrN3O3/c24-16-9-11-18(12-10-16)27-14-15(13-21(27)28)22(29)26-20-8-4-3-7-19(20)23(30)25-17-5-1-2-6-17/h3-4,7-12,15,17H,1-2,5-6,13-14H2,(H,25,30)(H,26,29)/t15-/m1/s1. The number of hydrogen-bond acceptors (Lipinski definition) is 3. The molecule has 1 saturated carbocycles. The van der Waals surface area contributed by atoms with Crippen molar-refractivity contribution < 1.29 is 14.4 Å². The van der Waals surface area contributed by atoms with Gasteiger partial charge in [0, 0.05) is 29.2 Å². The number of para-hydroxylation sites is 1. The van der Waals surface area contributed by atoms with Crippen molar-refractivity contribution >= 4 is 45.0 Å².